The van der Waals surface area contributed by atoms with E-state index in [9.17, 15) is 14.0 Å². The van der Waals surface area contributed by atoms with Gasteiger partial charge < -0.3 is 9.80 Å². The number of nitrogens with zero attached hydrogens (tertiary/aromatic N) is 2. The average molecular weight is 429 g/mol. The molecule has 162 valence electrons. The van der Waals surface area contributed by atoms with Crippen molar-refractivity contribution >= 4 is 17.5 Å². The molecule has 1 unspecified atom stereocenters. The summed E-state index contributed by atoms with van der Waals surface area (Å²) in [5, 5.41) is 0. The molecule has 0 bridgehead atoms. The topological polar surface area (TPSA) is 40.6 Å². The third-order valence-corrected chi connectivity index (χ3v) is 6.95. The van der Waals surface area contributed by atoms with Crippen LogP contribution in [0.25, 0.3) is 0 Å². The van der Waals surface area contributed by atoms with E-state index in [4.69, 9.17) is 0 Å². The van der Waals surface area contributed by atoms with Crippen LogP contribution in [0.2, 0.25) is 0 Å². The van der Waals surface area contributed by atoms with Gasteiger partial charge in [-0.2, -0.15) is 0 Å². The van der Waals surface area contributed by atoms with Gasteiger partial charge in [0.15, 0.2) is 0 Å². The van der Waals surface area contributed by atoms with Gasteiger partial charge in [0.2, 0.25) is 5.91 Å². The summed E-state index contributed by atoms with van der Waals surface area (Å²) in [5.41, 5.74) is 2.71. The summed E-state index contributed by atoms with van der Waals surface area (Å²) in [4.78, 5) is 30.2. The second-order valence-corrected chi connectivity index (χ2v) is 8.73. The zero-order chi connectivity index (χ0) is 22.3. The van der Waals surface area contributed by atoms with Crippen molar-refractivity contribution in [2.24, 2.45) is 5.41 Å². The molecular formula is C27H25FN2O2. The van der Waals surface area contributed by atoms with Crippen LogP contribution in [-0.4, -0.2) is 29.8 Å². The molecule has 0 radical (unpaired) electrons. The lowest BCUT2D eigenvalue weighted by molar-refractivity contribution is -0.144. The van der Waals surface area contributed by atoms with Crippen LogP contribution in [-0.2, 0) is 4.79 Å². The van der Waals surface area contributed by atoms with Crippen molar-refractivity contribution in [2.45, 2.75) is 25.8 Å². The molecule has 32 heavy (non-hydrogen) atoms. The Morgan fingerprint density at radius 1 is 0.938 bits per heavy atom. The Morgan fingerprint density at radius 2 is 1.62 bits per heavy atom. The molecule has 1 atom stereocenters. The molecule has 3 aromatic rings. The van der Waals surface area contributed by atoms with Gasteiger partial charge in [-0.05, 0) is 55.2 Å². The van der Waals surface area contributed by atoms with Gasteiger partial charge >= 0.3 is 0 Å². The number of anilines is 1. The van der Waals surface area contributed by atoms with Crippen LogP contribution in [0.4, 0.5) is 10.1 Å². The van der Waals surface area contributed by atoms with Gasteiger partial charge in [-0.1, -0.05) is 54.6 Å². The van der Waals surface area contributed by atoms with E-state index < -0.39 is 5.41 Å². The first-order valence-electron chi connectivity index (χ1n) is 11.0. The highest BCUT2D eigenvalue weighted by Crippen LogP contribution is 2.57. The molecule has 2 heterocycles. The number of halogens is 1. The van der Waals surface area contributed by atoms with Gasteiger partial charge in [0.25, 0.3) is 5.91 Å². The lowest BCUT2D eigenvalue weighted by Gasteiger charge is -2.59. The van der Waals surface area contributed by atoms with Crippen LogP contribution in [0.1, 0.15) is 40.4 Å². The molecule has 2 saturated heterocycles. The summed E-state index contributed by atoms with van der Waals surface area (Å²) in [6.07, 6.45) is 1.18. The van der Waals surface area contributed by atoms with Crippen molar-refractivity contribution in [1.82, 2.24) is 4.90 Å². The Bertz CT molecular complexity index is 1170. The van der Waals surface area contributed by atoms with Gasteiger partial charge in [-0.25, -0.2) is 4.39 Å². The van der Waals surface area contributed by atoms with Crippen LogP contribution in [0.3, 0.4) is 0 Å². The van der Waals surface area contributed by atoms with Crippen LogP contribution >= 0.6 is 0 Å². The lowest BCUT2D eigenvalue weighted by atomic mass is 9.62. The normalized spacial score (nSPS) is 19.7. The van der Waals surface area contributed by atoms with Crippen molar-refractivity contribution in [1.29, 1.82) is 0 Å². The predicted molar refractivity (Wildman–Crippen MR) is 122 cm³/mol. The summed E-state index contributed by atoms with van der Waals surface area (Å²) in [6.45, 7) is 2.99. The second kappa shape index (κ2) is 7.90. The minimum absolute atomic E-state index is 0.0138. The Hall–Kier alpha value is -3.47. The quantitative estimate of drug-likeness (QED) is 0.542. The SMILES string of the molecule is Cc1ccccc1C(=O)N1CCC2(CC1)C(=O)N(c1cccc(F)c1)C2c1ccccc1. The molecule has 0 aliphatic carbocycles. The number of piperidine rings is 1. The van der Waals surface area contributed by atoms with Crippen molar-refractivity contribution in [2.75, 3.05) is 18.0 Å². The van der Waals surface area contributed by atoms with Crippen LogP contribution in [0.15, 0.2) is 78.9 Å². The summed E-state index contributed by atoms with van der Waals surface area (Å²) < 4.78 is 13.9. The van der Waals surface area contributed by atoms with E-state index in [0.717, 1.165) is 11.1 Å². The molecule has 2 aliphatic heterocycles. The summed E-state index contributed by atoms with van der Waals surface area (Å²) in [5.74, 6) is -0.329. The van der Waals surface area contributed by atoms with Gasteiger partial charge in [0.05, 0.1) is 11.5 Å². The van der Waals surface area contributed by atoms with E-state index in [-0.39, 0.29) is 23.7 Å². The van der Waals surface area contributed by atoms with Gasteiger partial charge in [0, 0.05) is 24.3 Å². The highest BCUT2D eigenvalue weighted by atomic mass is 19.1. The molecule has 4 nitrogen and oxygen atoms in total. The second-order valence-electron chi connectivity index (χ2n) is 8.73. The minimum Gasteiger partial charge on any atom is -0.339 e. The van der Waals surface area contributed by atoms with Gasteiger partial charge in [-0.3, -0.25) is 9.59 Å². The zero-order valence-corrected chi connectivity index (χ0v) is 18.0. The fraction of sp³-hybridized carbons (Fsp3) is 0.259. The van der Waals surface area contributed by atoms with Crippen molar-refractivity contribution in [3.63, 3.8) is 0 Å². The van der Waals surface area contributed by atoms with Gasteiger partial charge in [0.1, 0.15) is 5.82 Å². The molecule has 2 fully saturated rings. The fourth-order valence-electron chi connectivity index (χ4n) is 5.23. The van der Waals surface area contributed by atoms with Crippen molar-refractivity contribution in [3.05, 3.63) is 101 Å². The number of carbonyl (C=O) groups excluding carboxylic acids is 2. The molecule has 2 amide bonds. The number of aryl methyl sites for hydroxylation is 1. The predicted octanol–water partition coefficient (Wildman–Crippen LogP) is 5.14. The van der Waals surface area contributed by atoms with E-state index in [1.807, 2.05) is 66.4 Å². The molecule has 5 rings (SSSR count). The fourth-order valence-corrected chi connectivity index (χ4v) is 5.23. The monoisotopic (exact) mass is 428 g/mol. The number of likely N-dealkylation sites (tertiary alicyclic amines) is 1. The van der Waals surface area contributed by atoms with E-state index in [1.165, 1.54) is 12.1 Å². The largest absolute Gasteiger partial charge is 0.339 e. The highest BCUT2D eigenvalue weighted by molar-refractivity contribution is 6.06. The summed E-state index contributed by atoms with van der Waals surface area (Å²) >= 11 is 0. The van der Waals surface area contributed by atoms with E-state index in [0.29, 0.717) is 37.2 Å². The zero-order valence-electron chi connectivity index (χ0n) is 18.0. The van der Waals surface area contributed by atoms with E-state index in [1.54, 1.807) is 17.0 Å². The average Bonchev–Trinajstić information content (AvgIpc) is 2.82. The standard InChI is InChI=1S/C27H25FN2O2/c1-19-8-5-6-13-23(19)25(31)29-16-14-27(15-17-29)24(20-9-3-2-4-10-20)30(26(27)32)22-12-7-11-21(28)18-22/h2-13,18,24H,14-17H2,1H3. The van der Waals surface area contributed by atoms with Crippen LogP contribution in [0, 0.1) is 18.2 Å². The number of β-lactam (4-membered cyclic amide) rings is 1. The van der Waals surface area contributed by atoms with Crippen molar-refractivity contribution in [3.8, 4) is 0 Å². The Morgan fingerprint density at radius 3 is 2.31 bits per heavy atom. The maximum absolute atomic E-state index is 13.9. The molecule has 3 aromatic carbocycles. The first-order valence-corrected chi connectivity index (χ1v) is 11.0. The maximum Gasteiger partial charge on any atom is 0.254 e. The summed E-state index contributed by atoms with van der Waals surface area (Å²) in [7, 11) is 0. The Balaban J connectivity index is 1.43. The number of rotatable bonds is 3. The van der Waals surface area contributed by atoms with Crippen molar-refractivity contribution < 1.29 is 14.0 Å². The molecule has 1 spiro atoms. The van der Waals surface area contributed by atoms with E-state index in [2.05, 4.69) is 0 Å². The Kier molecular flexibility index (Phi) is 5.04. The lowest BCUT2D eigenvalue weighted by Crippen LogP contribution is -2.67. The van der Waals surface area contributed by atoms with Crippen LogP contribution in [0.5, 0.6) is 0 Å². The number of amides is 2. The van der Waals surface area contributed by atoms with Crippen LogP contribution < -0.4 is 4.90 Å². The molecule has 0 saturated carbocycles. The molecule has 2 aliphatic rings. The van der Waals surface area contributed by atoms with Gasteiger partial charge in [-0.15, -0.1) is 0 Å². The number of hydrogen-bond donors (Lipinski definition) is 0. The number of hydrogen-bond acceptors (Lipinski definition) is 2. The molecule has 5 heteroatoms. The molecular weight excluding hydrogens is 403 g/mol. The third-order valence-electron chi connectivity index (χ3n) is 6.95. The maximum atomic E-state index is 13.9. The Labute approximate surface area is 187 Å². The number of carbonyl (C=O) groups is 2. The third kappa shape index (κ3) is 3.20. The first-order chi connectivity index (χ1) is 15.5. The number of benzene rings is 3. The minimum atomic E-state index is -0.573. The molecule has 0 N–H and O–H groups in total. The smallest absolute Gasteiger partial charge is 0.254 e. The highest BCUT2D eigenvalue weighted by Gasteiger charge is 2.62. The summed E-state index contributed by atoms with van der Waals surface area (Å²) in [6, 6.07) is 23.6. The first kappa shape index (κ1) is 20.4. The van der Waals surface area contributed by atoms with E-state index >= 15 is 0 Å². The molecule has 0 aromatic heterocycles.